The molecule has 1 aromatic carbocycles. The molecule has 1 unspecified atom stereocenters. The van der Waals surface area contributed by atoms with Crippen molar-refractivity contribution in [2.24, 2.45) is 0 Å². The molecule has 3 heteroatoms. The van der Waals surface area contributed by atoms with Gasteiger partial charge in [0.15, 0.2) is 0 Å². The maximum Gasteiger partial charge on any atom is 0.142 e. The predicted molar refractivity (Wildman–Crippen MR) is 46.8 cm³/mol. The number of hydrogen-bond acceptors (Lipinski definition) is 1. The van der Waals surface area contributed by atoms with Crippen molar-refractivity contribution in [1.82, 2.24) is 0 Å². The fourth-order valence-electron chi connectivity index (χ4n) is 1.18. The topological polar surface area (TPSA) is 20.2 Å². The molecule has 0 aromatic heterocycles. The van der Waals surface area contributed by atoms with Crippen LogP contribution in [0.4, 0.5) is 4.39 Å². The Morgan fingerprint density at radius 3 is 2.50 bits per heavy atom. The fourth-order valence-corrected chi connectivity index (χ4v) is 1.55. The number of aryl methyl sites for hydroxylation is 1. The second kappa shape index (κ2) is 3.42. The summed E-state index contributed by atoms with van der Waals surface area (Å²) in [4.78, 5) is 0. The van der Waals surface area contributed by atoms with Gasteiger partial charge in [0.05, 0.1) is 11.1 Å². The van der Waals surface area contributed by atoms with Crippen molar-refractivity contribution >= 4 is 11.6 Å². The molecule has 0 aliphatic rings. The zero-order chi connectivity index (χ0) is 9.30. The molecular weight excluding hydrogens is 179 g/mol. The molecule has 1 aromatic rings. The second-order valence-electron chi connectivity index (χ2n) is 2.77. The summed E-state index contributed by atoms with van der Waals surface area (Å²) in [5.74, 6) is -0.488. The summed E-state index contributed by atoms with van der Waals surface area (Å²) in [5.41, 5.74) is 1.27. The molecule has 0 saturated carbocycles. The van der Waals surface area contributed by atoms with Crippen molar-refractivity contribution in [2.45, 2.75) is 20.0 Å². The van der Waals surface area contributed by atoms with Gasteiger partial charge < -0.3 is 5.11 Å². The number of rotatable bonds is 1. The molecule has 0 bridgehead atoms. The Balaban J connectivity index is 3.33. The minimum absolute atomic E-state index is 0.0185. The third-order valence-corrected chi connectivity index (χ3v) is 2.15. The van der Waals surface area contributed by atoms with E-state index in [0.29, 0.717) is 5.56 Å². The molecular formula is C9H10ClFO. The van der Waals surface area contributed by atoms with Crippen LogP contribution in [0.2, 0.25) is 5.02 Å². The number of benzene rings is 1. The molecule has 0 saturated heterocycles. The van der Waals surface area contributed by atoms with Crippen LogP contribution >= 0.6 is 11.6 Å². The van der Waals surface area contributed by atoms with E-state index in [2.05, 4.69) is 0 Å². The van der Waals surface area contributed by atoms with Gasteiger partial charge in [-0.2, -0.15) is 0 Å². The van der Waals surface area contributed by atoms with E-state index in [9.17, 15) is 9.50 Å². The number of aliphatic hydroxyl groups excluding tert-OH is 1. The molecule has 0 aliphatic heterocycles. The van der Waals surface area contributed by atoms with Crippen molar-refractivity contribution in [1.29, 1.82) is 0 Å². The highest BCUT2D eigenvalue weighted by Crippen LogP contribution is 2.28. The molecule has 12 heavy (non-hydrogen) atoms. The van der Waals surface area contributed by atoms with Crippen LogP contribution in [0.3, 0.4) is 0 Å². The van der Waals surface area contributed by atoms with E-state index in [1.54, 1.807) is 19.9 Å². The SMILES string of the molecule is Cc1ccc(F)c(Cl)c1C(C)O. The second-order valence-corrected chi connectivity index (χ2v) is 3.15. The average Bonchev–Trinajstić information content (AvgIpc) is 1.97. The maximum absolute atomic E-state index is 12.9. The molecule has 0 heterocycles. The van der Waals surface area contributed by atoms with Gasteiger partial charge in [-0.25, -0.2) is 4.39 Å². The molecule has 0 radical (unpaired) electrons. The number of halogens is 2. The first-order chi connectivity index (χ1) is 5.54. The minimum atomic E-state index is -0.729. The first-order valence-electron chi connectivity index (χ1n) is 3.66. The van der Waals surface area contributed by atoms with Crippen molar-refractivity contribution in [2.75, 3.05) is 0 Å². The zero-order valence-electron chi connectivity index (χ0n) is 6.94. The number of aliphatic hydroxyl groups is 1. The highest BCUT2D eigenvalue weighted by molar-refractivity contribution is 6.31. The highest BCUT2D eigenvalue weighted by Gasteiger charge is 2.12. The largest absolute Gasteiger partial charge is 0.389 e. The van der Waals surface area contributed by atoms with E-state index in [4.69, 9.17) is 11.6 Å². The Kier molecular flexibility index (Phi) is 2.70. The van der Waals surface area contributed by atoms with E-state index in [-0.39, 0.29) is 5.02 Å². The first-order valence-corrected chi connectivity index (χ1v) is 4.04. The molecule has 66 valence electrons. The Bertz CT molecular complexity index is 297. The lowest BCUT2D eigenvalue weighted by Crippen LogP contribution is -1.97. The molecule has 0 fully saturated rings. The van der Waals surface area contributed by atoms with Gasteiger partial charge in [0.25, 0.3) is 0 Å². The van der Waals surface area contributed by atoms with E-state index in [1.165, 1.54) is 6.07 Å². The van der Waals surface area contributed by atoms with Crippen LogP contribution in [-0.4, -0.2) is 5.11 Å². The third-order valence-electron chi connectivity index (χ3n) is 1.77. The normalized spacial score (nSPS) is 13.1. The molecule has 0 spiro atoms. The average molecular weight is 189 g/mol. The van der Waals surface area contributed by atoms with Gasteiger partial charge in [-0.3, -0.25) is 0 Å². The van der Waals surface area contributed by atoms with Crippen LogP contribution in [0.1, 0.15) is 24.2 Å². The maximum atomic E-state index is 12.9. The lowest BCUT2D eigenvalue weighted by molar-refractivity contribution is 0.198. The van der Waals surface area contributed by atoms with Gasteiger partial charge in [0, 0.05) is 5.56 Å². The van der Waals surface area contributed by atoms with Crippen molar-refractivity contribution in [3.63, 3.8) is 0 Å². The van der Waals surface area contributed by atoms with Crippen LogP contribution in [0, 0.1) is 12.7 Å². The standard InChI is InChI=1S/C9H10ClFO/c1-5-3-4-7(11)9(10)8(5)6(2)12/h3-4,6,12H,1-2H3. The Labute approximate surface area is 75.8 Å². The summed E-state index contributed by atoms with van der Waals surface area (Å²) >= 11 is 5.66. The van der Waals surface area contributed by atoms with Crippen molar-refractivity contribution in [3.8, 4) is 0 Å². The molecule has 0 aliphatic carbocycles. The third kappa shape index (κ3) is 1.59. The Morgan fingerprint density at radius 1 is 1.50 bits per heavy atom. The van der Waals surface area contributed by atoms with Crippen LogP contribution in [0.15, 0.2) is 12.1 Å². The van der Waals surface area contributed by atoms with Gasteiger partial charge in [-0.15, -0.1) is 0 Å². The number of hydrogen-bond donors (Lipinski definition) is 1. The highest BCUT2D eigenvalue weighted by atomic mass is 35.5. The lowest BCUT2D eigenvalue weighted by Gasteiger charge is -2.10. The Hall–Kier alpha value is -0.600. The summed E-state index contributed by atoms with van der Waals surface area (Å²) in [6, 6.07) is 2.90. The summed E-state index contributed by atoms with van der Waals surface area (Å²) in [6.45, 7) is 3.35. The van der Waals surface area contributed by atoms with E-state index >= 15 is 0 Å². The molecule has 0 amide bonds. The van der Waals surface area contributed by atoms with Crippen LogP contribution < -0.4 is 0 Å². The molecule has 1 nitrogen and oxygen atoms in total. The summed E-state index contributed by atoms with van der Waals surface area (Å²) in [7, 11) is 0. The fraction of sp³-hybridized carbons (Fsp3) is 0.333. The van der Waals surface area contributed by atoms with Crippen molar-refractivity contribution < 1.29 is 9.50 Å². The van der Waals surface area contributed by atoms with Crippen LogP contribution in [0.25, 0.3) is 0 Å². The summed E-state index contributed by atoms with van der Waals surface area (Å²) in [5, 5.41) is 9.28. The lowest BCUT2D eigenvalue weighted by atomic mass is 10.0. The minimum Gasteiger partial charge on any atom is -0.389 e. The zero-order valence-corrected chi connectivity index (χ0v) is 7.69. The summed E-state index contributed by atoms with van der Waals surface area (Å²) in [6.07, 6.45) is -0.729. The van der Waals surface area contributed by atoms with E-state index in [0.717, 1.165) is 5.56 Å². The van der Waals surface area contributed by atoms with E-state index < -0.39 is 11.9 Å². The van der Waals surface area contributed by atoms with Gasteiger partial charge >= 0.3 is 0 Å². The molecule has 1 rings (SSSR count). The van der Waals surface area contributed by atoms with Gasteiger partial charge in [-0.05, 0) is 25.5 Å². The van der Waals surface area contributed by atoms with Gasteiger partial charge in [0.2, 0.25) is 0 Å². The Morgan fingerprint density at radius 2 is 2.08 bits per heavy atom. The smallest absolute Gasteiger partial charge is 0.142 e. The molecule has 1 N–H and O–H groups in total. The predicted octanol–water partition coefficient (Wildman–Crippen LogP) is 2.84. The first kappa shape index (κ1) is 9.49. The van der Waals surface area contributed by atoms with Crippen LogP contribution in [-0.2, 0) is 0 Å². The van der Waals surface area contributed by atoms with Gasteiger partial charge in [0.1, 0.15) is 5.82 Å². The van der Waals surface area contributed by atoms with Crippen molar-refractivity contribution in [3.05, 3.63) is 34.1 Å². The summed E-state index contributed by atoms with van der Waals surface area (Å²) < 4.78 is 12.9. The monoisotopic (exact) mass is 188 g/mol. The van der Waals surface area contributed by atoms with Crippen LogP contribution in [0.5, 0.6) is 0 Å². The van der Waals surface area contributed by atoms with E-state index in [1.807, 2.05) is 0 Å². The quantitative estimate of drug-likeness (QED) is 0.719. The van der Waals surface area contributed by atoms with Gasteiger partial charge in [-0.1, -0.05) is 17.7 Å². The molecule has 1 atom stereocenters.